The zero-order valence-electron chi connectivity index (χ0n) is 15.5. The topological polar surface area (TPSA) is 26.3 Å². The molecule has 1 spiro atoms. The Morgan fingerprint density at radius 2 is 1.92 bits per heavy atom. The van der Waals surface area contributed by atoms with Crippen molar-refractivity contribution in [2.75, 3.05) is 7.11 Å². The highest BCUT2D eigenvalue weighted by Gasteiger charge is 2.73. The average molecular weight is 324 g/mol. The molecule has 0 heterocycles. The predicted octanol–water partition coefficient (Wildman–Crippen LogP) is 5.06. The van der Waals surface area contributed by atoms with Crippen molar-refractivity contribution in [1.29, 1.82) is 0 Å². The van der Waals surface area contributed by atoms with Crippen LogP contribution in [-0.4, -0.2) is 12.9 Å². The first-order chi connectivity index (χ1) is 11.3. The first-order valence-electron chi connectivity index (χ1n) is 9.16. The molecule has 2 heteroatoms. The van der Waals surface area contributed by atoms with E-state index in [-0.39, 0.29) is 28.1 Å². The molecule has 0 saturated heterocycles. The van der Waals surface area contributed by atoms with Gasteiger partial charge in [0.1, 0.15) is 11.5 Å². The monoisotopic (exact) mass is 324 g/mol. The molecule has 4 atom stereocenters. The van der Waals surface area contributed by atoms with Gasteiger partial charge in [0, 0.05) is 17.3 Å². The SMILES string of the molecule is COc1ccc([C@@H]2C(=O)[C@H]3C=C[C@]34C(C)(C)CCC[C@]24C)cc1C. The van der Waals surface area contributed by atoms with E-state index in [9.17, 15) is 4.79 Å². The van der Waals surface area contributed by atoms with Crippen molar-refractivity contribution in [3.8, 4) is 5.75 Å². The number of ketones is 1. The van der Waals surface area contributed by atoms with Crippen LogP contribution in [0.1, 0.15) is 57.1 Å². The van der Waals surface area contributed by atoms with Gasteiger partial charge in [-0.2, -0.15) is 0 Å². The van der Waals surface area contributed by atoms with Crippen molar-refractivity contribution in [3.63, 3.8) is 0 Å². The molecule has 24 heavy (non-hydrogen) atoms. The third-order valence-corrected chi connectivity index (χ3v) is 7.59. The Morgan fingerprint density at radius 3 is 2.50 bits per heavy atom. The molecule has 0 N–H and O–H groups in total. The number of allylic oxidation sites excluding steroid dienone is 2. The Morgan fingerprint density at radius 1 is 1.17 bits per heavy atom. The number of carbonyl (C=O) groups is 1. The molecule has 4 rings (SSSR count). The smallest absolute Gasteiger partial charge is 0.148 e. The summed E-state index contributed by atoms with van der Waals surface area (Å²) in [6.45, 7) is 9.18. The Hall–Kier alpha value is -1.57. The minimum atomic E-state index is 0.00156. The fourth-order valence-electron chi connectivity index (χ4n) is 6.47. The predicted molar refractivity (Wildman–Crippen MR) is 96.3 cm³/mol. The fraction of sp³-hybridized carbons (Fsp3) is 0.591. The van der Waals surface area contributed by atoms with Crippen LogP contribution in [0.4, 0.5) is 0 Å². The minimum Gasteiger partial charge on any atom is -0.496 e. The van der Waals surface area contributed by atoms with Crippen molar-refractivity contribution >= 4 is 5.78 Å². The third kappa shape index (κ3) is 1.60. The number of benzene rings is 1. The zero-order valence-corrected chi connectivity index (χ0v) is 15.5. The average Bonchev–Trinajstić information content (AvgIpc) is 2.58. The molecule has 0 aromatic heterocycles. The number of hydrogen-bond acceptors (Lipinski definition) is 2. The molecule has 128 valence electrons. The normalized spacial score (nSPS) is 39.1. The van der Waals surface area contributed by atoms with E-state index in [4.69, 9.17) is 4.74 Å². The Labute approximate surface area is 145 Å². The molecular weight excluding hydrogens is 296 g/mol. The Bertz CT molecular complexity index is 744. The summed E-state index contributed by atoms with van der Waals surface area (Å²) in [6, 6.07) is 6.31. The van der Waals surface area contributed by atoms with Crippen LogP contribution in [0.2, 0.25) is 0 Å². The van der Waals surface area contributed by atoms with Crippen molar-refractivity contribution in [2.45, 2.75) is 52.9 Å². The molecular formula is C22H28O2. The highest BCUT2D eigenvalue weighted by Crippen LogP contribution is 2.76. The van der Waals surface area contributed by atoms with Crippen molar-refractivity contribution in [3.05, 3.63) is 41.5 Å². The number of methoxy groups -OCH3 is 1. The summed E-state index contributed by atoms with van der Waals surface area (Å²) < 4.78 is 5.41. The van der Waals surface area contributed by atoms with E-state index < -0.39 is 0 Å². The van der Waals surface area contributed by atoms with Gasteiger partial charge >= 0.3 is 0 Å². The fourth-order valence-corrected chi connectivity index (χ4v) is 6.47. The lowest BCUT2D eigenvalue weighted by Gasteiger charge is -2.62. The summed E-state index contributed by atoms with van der Waals surface area (Å²) in [6.07, 6.45) is 8.11. The van der Waals surface area contributed by atoms with Gasteiger partial charge < -0.3 is 4.74 Å². The Balaban J connectivity index is 1.86. The van der Waals surface area contributed by atoms with E-state index in [1.165, 1.54) is 18.4 Å². The third-order valence-electron chi connectivity index (χ3n) is 7.59. The van der Waals surface area contributed by atoms with E-state index in [2.05, 4.69) is 52.0 Å². The molecule has 0 unspecified atom stereocenters. The van der Waals surface area contributed by atoms with E-state index in [1.54, 1.807) is 7.11 Å². The summed E-state index contributed by atoms with van der Waals surface area (Å²) in [5.74, 6) is 1.43. The van der Waals surface area contributed by atoms with E-state index >= 15 is 0 Å². The van der Waals surface area contributed by atoms with Crippen LogP contribution < -0.4 is 4.74 Å². The van der Waals surface area contributed by atoms with Gasteiger partial charge in [0.25, 0.3) is 0 Å². The highest BCUT2D eigenvalue weighted by molar-refractivity contribution is 5.96. The van der Waals surface area contributed by atoms with Crippen LogP contribution in [0.15, 0.2) is 30.4 Å². The van der Waals surface area contributed by atoms with Crippen molar-refractivity contribution in [1.82, 2.24) is 0 Å². The lowest BCUT2D eigenvalue weighted by Crippen LogP contribution is -2.56. The van der Waals surface area contributed by atoms with E-state index in [0.717, 1.165) is 17.7 Å². The number of ether oxygens (including phenoxy) is 1. The maximum Gasteiger partial charge on any atom is 0.148 e. The molecule has 2 saturated carbocycles. The van der Waals surface area contributed by atoms with Crippen LogP contribution in [0.25, 0.3) is 0 Å². The van der Waals surface area contributed by atoms with Crippen LogP contribution in [0.3, 0.4) is 0 Å². The highest BCUT2D eigenvalue weighted by atomic mass is 16.5. The summed E-state index contributed by atoms with van der Waals surface area (Å²) in [5.41, 5.74) is 2.53. The molecule has 0 radical (unpaired) electrons. The minimum absolute atomic E-state index is 0.00156. The van der Waals surface area contributed by atoms with Gasteiger partial charge in [-0.1, -0.05) is 51.5 Å². The molecule has 3 aliphatic carbocycles. The lowest BCUT2D eigenvalue weighted by molar-refractivity contribution is -0.123. The standard InChI is InChI=1S/C22H28O2/c1-14-13-15(7-8-17(14)24-5)18-19(23)16-9-12-22(16)20(2,3)10-6-11-21(18,22)4/h7-9,12-13,16,18H,6,10-11H2,1-5H3/t16-,18-,21-,22-/m1/s1. The molecule has 1 aromatic rings. The zero-order chi connectivity index (χ0) is 17.3. The first kappa shape index (κ1) is 15.9. The number of aryl methyl sites for hydroxylation is 1. The van der Waals surface area contributed by atoms with E-state index in [1.807, 2.05) is 6.07 Å². The summed E-state index contributed by atoms with van der Waals surface area (Å²) in [5, 5.41) is 0. The quantitative estimate of drug-likeness (QED) is 0.711. The van der Waals surface area contributed by atoms with Gasteiger partial charge in [0.2, 0.25) is 0 Å². The second-order valence-corrected chi connectivity index (χ2v) is 8.93. The molecule has 3 aliphatic rings. The molecule has 0 bridgehead atoms. The number of hydrogen-bond donors (Lipinski definition) is 0. The number of rotatable bonds is 2. The number of carbonyl (C=O) groups excluding carboxylic acids is 1. The molecule has 0 aliphatic heterocycles. The van der Waals surface area contributed by atoms with Crippen LogP contribution >= 0.6 is 0 Å². The summed E-state index contributed by atoms with van der Waals surface area (Å²) >= 11 is 0. The van der Waals surface area contributed by atoms with Crippen LogP contribution in [0, 0.1) is 29.1 Å². The van der Waals surface area contributed by atoms with Crippen LogP contribution in [0.5, 0.6) is 5.75 Å². The van der Waals surface area contributed by atoms with Crippen molar-refractivity contribution < 1.29 is 9.53 Å². The van der Waals surface area contributed by atoms with Crippen molar-refractivity contribution in [2.24, 2.45) is 22.2 Å². The van der Waals surface area contributed by atoms with E-state index in [0.29, 0.717) is 5.78 Å². The van der Waals surface area contributed by atoms with Gasteiger partial charge in [0.15, 0.2) is 0 Å². The number of Topliss-reactive ketones (excluding diaryl/α,β-unsaturated/α-hetero) is 1. The van der Waals surface area contributed by atoms with Gasteiger partial charge in [-0.3, -0.25) is 4.79 Å². The maximum absolute atomic E-state index is 13.4. The molecule has 1 aromatic carbocycles. The second-order valence-electron chi connectivity index (χ2n) is 8.93. The van der Waals surface area contributed by atoms with Crippen LogP contribution in [-0.2, 0) is 4.79 Å². The first-order valence-corrected chi connectivity index (χ1v) is 9.16. The molecule has 0 amide bonds. The maximum atomic E-state index is 13.4. The molecule has 2 nitrogen and oxygen atoms in total. The second kappa shape index (κ2) is 4.74. The van der Waals surface area contributed by atoms with Gasteiger partial charge in [-0.25, -0.2) is 0 Å². The van der Waals surface area contributed by atoms with Gasteiger partial charge in [0.05, 0.1) is 7.11 Å². The lowest BCUT2D eigenvalue weighted by atomic mass is 9.41. The summed E-state index contributed by atoms with van der Waals surface area (Å²) in [7, 11) is 1.70. The largest absolute Gasteiger partial charge is 0.496 e. The summed E-state index contributed by atoms with van der Waals surface area (Å²) in [4.78, 5) is 13.4. The van der Waals surface area contributed by atoms with Gasteiger partial charge in [-0.15, -0.1) is 0 Å². The van der Waals surface area contributed by atoms with Gasteiger partial charge in [-0.05, 0) is 47.8 Å². The Kier molecular flexibility index (Phi) is 3.15. The molecule has 2 fully saturated rings.